The summed E-state index contributed by atoms with van der Waals surface area (Å²) in [6.07, 6.45) is 0. The molecule has 0 N–H and O–H groups in total. The Morgan fingerprint density at radius 1 is 0.591 bits per heavy atom. The van der Waals surface area contributed by atoms with Crippen LogP contribution in [-0.4, -0.2) is 131 Å². The first-order valence-corrected chi connectivity index (χ1v) is 31.7. The summed E-state index contributed by atoms with van der Waals surface area (Å²) in [5.74, 6) is 0. The van der Waals surface area contributed by atoms with Gasteiger partial charge in [0.05, 0.1) is 0 Å². The Hall–Kier alpha value is 1.71. The van der Waals surface area contributed by atoms with Crippen LogP contribution >= 0.6 is 0 Å². The van der Waals surface area contributed by atoms with E-state index in [0.29, 0.717) is 55.7 Å². The second kappa shape index (κ2) is 34.6. The van der Waals surface area contributed by atoms with E-state index in [-0.39, 0.29) is 47.7 Å². The van der Waals surface area contributed by atoms with Crippen LogP contribution in [0.1, 0.15) is 83.1 Å². The molecule has 44 heavy (non-hydrogen) atoms. The van der Waals surface area contributed by atoms with Gasteiger partial charge in [-0.2, -0.15) is 0 Å². The van der Waals surface area contributed by atoms with E-state index >= 15 is 0 Å². The molecule has 0 amide bonds. The number of benzene rings is 2. The molecule has 0 unspecified atom stereocenters. The average Bonchev–Trinajstić information content (AvgIpc) is 2.84. The van der Waals surface area contributed by atoms with Crippen molar-refractivity contribution in [2.45, 2.75) is 123 Å². The molecule has 2 nitrogen and oxygen atoms in total. The van der Waals surface area contributed by atoms with Gasteiger partial charge in [-0.05, 0) is 0 Å². The summed E-state index contributed by atoms with van der Waals surface area (Å²) in [7, 11) is 8.44. The molecule has 0 aliphatic rings. The van der Waals surface area contributed by atoms with Gasteiger partial charge in [0.1, 0.15) is 0 Å². The molecular weight excluding hydrogens is 910 g/mol. The van der Waals surface area contributed by atoms with Crippen LogP contribution in [0.25, 0.3) is 0 Å². The Bertz CT molecular complexity index is 725. The fourth-order valence-corrected chi connectivity index (χ4v) is 16.1. The second-order valence-electron chi connectivity index (χ2n) is 13.3. The van der Waals surface area contributed by atoms with Crippen LogP contribution in [0.4, 0.5) is 0 Å². The SMILES string of the molecule is CC(C)(C)[AsH]C(C)(C)C.CC(C)[AsH]C(C)C.CC[AsH]CC.CN(C)[AsH]N(C)C.C[AsH]C.c1ccc([AsH]c2ccccc2)cc1. The summed E-state index contributed by atoms with van der Waals surface area (Å²) < 4.78 is 10.7. The van der Waals surface area contributed by atoms with E-state index in [1.165, 1.54) is 19.1 Å². The molecule has 0 aliphatic heterocycles. The van der Waals surface area contributed by atoms with Gasteiger partial charge in [0.2, 0.25) is 0 Å². The predicted octanol–water partition coefficient (Wildman–Crippen LogP) is 7.21. The summed E-state index contributed by atoms with van der Waals surface area (Å²) in [4.78, 5) is 0. The molecule has 0 saturated heterocycles. The Morgan fingerprint density at radius 2 is 0.886 bits per heavy atom. The molecule has 8 heteroatoms. The van der Waals surface area contributed by atoms with Gasteiger partial charge in [0.15, 0.2) is 0 Å². The van der Waals surface area contributed by atoms with E-state index in [1.54, 1.807) is 0 Å². The van der Waals surface area contributed by atoms with Crippen molar-refractivity contribution in [2.24, 2.45) is 0 Å². The fourth-order valence-electron chi connectivity index (χ4n) is 3.65. The van der Waals surface area contributed by atoms with Crippen molar-refractivity contribution in [2.75, 3.05) is 28.2 Å². The first-order chi connectivity index (χ1) is 20.2. The van der Waals surface area contributed by atoms with E-state index in [0.717, 1.165) is 9.41 Å². The molecule has 0 bridgehead atoms. The molecule has 0 fully saturated rings. The van der Waals surface area contributed by atoms with Crippen LogP contribution in [0.15, 0.2) is 60.7 Å². The molecule has 0 atom stereocenters. The maximum atomic E-state index is 2.35. The molecule has 0 heterocycles. The molecule has 2 aromatic carbocycles. The third-order valence-electron chi connectivity index (χ3n) is 4.15. The zero-order chi connectivity index (χ0) is 35.2. The molecule has 0 spiro atoms. The van der Waals surface area contributed by atoms with Gasteiger partial charge in [0.25, 0.3) is 0 Å². The topological polar surface area (TPSA) is 6.48 Å². The van der Waals surface area contributed by atoms with Crippen LogP contribution in [0, 0.1) is 0 Å². The number of rotatable bonds is 8. The molecule has 260 valence electrons. The van der Waals surface area contributed by atoms with Crippen molar-refractivity contribution in [1.82, 2.24) is 7.63 Å². The standard InChI is InChI=1S/C12H11As.C8H19As.C6H15As.C4H13AsN2.C4H11As.C2H7As/c1-3-7-11(8-4-1)13-12-9-5-2-6-10-12;1-7(2,3)9-8(4,5)6;1-5(2)7-6(3)4;1-6(2)5-7(3)4;1-3-5-4-2;1-3-2/h1-10,13H;9H,1-6H3;5-7H,1-4H3;5H,1-4H3;5H,3-4H2,1-2H3;3H,1-2H3. The van der Waals surface area contributed by atoms with E-state index in [2.05, 4.69) is 191 Å². The van der Waals surface area contributed by atoms with E-state index in [4.69, 9.17) is 0 Å². The van der Waals surface area contributed by atoms with Crippen molar-refractivity contribution in [1.29, 1.82) is 0 Å². The second-order valence-corrected chi connectivity index (χ2v) is 38.9. The molecule has 0 aliphatic carbocycles. The number of nitrogens with zero attached hydrogens (tertiary/aromatic N) is 2. The van der Waals surface area contributed by atoms with Gasteiger partial charge in [-0.1, -0.05) is 0 Å². The third-order valence-corrected chi connectivity index (χ3v) is 16.5. The zero-order valence-electron chi connectivity index (χ0n) is 32.2. The van der Waals surface area contributed by atoms with E-state index in [9.17, 15) is 0 Å². The van der Waals surface area contributed by atoms with Gasteiger partial charge in [-0.25, -0.2) is 0 Å². The molecule has 0 radical (unpaired) electrons. The van der Waals surface area contributed by atoms with E-state index in [1.807, 2.05) is 0 Å². The Morgan fingerprint density at radius 3 is 1.00 bits per heavy atom. The van der Waals surface area contributed by atoms with Crippen LogP contribution < -0.4 is 8.70 Å². The van der Waals surface area contributed by atoms with Gasteiger partial charge in [0, 0.05) is 0 Å². The van der Waals surface area contributed by atoms with Crippen LogP contribution in [0.5, 0.6) is 0 Å². The Labute approximate surface area is 319 Å². The fraction of sp³-hybridized carbons (Fsp3) is 0.667. The Kier molecular flexibility index (Phi) is 41.3. The van der Waals surface area contributed by atoms with Gasteiger partial charge in [-0.3, -0.25) is 0 Å². The van der Waals surface area contributed by atoms with E-state index < -0.39 is 0 Å². The van der Waals surface area contributed by atoms with Gasteiger partial charge in [-0.15, -0.1) is 0 Å². The molecule has 0 saturated carbocycles. The van der Waals surface area contributed by atoms with Gasteiger partial charge >= 0.3 is 323 Å². The van der Waals surface area contributed by atoms with Crippen molar-refractivity contribution >= 4 is 104 Å². The van der Waals surface area contributed by atoms with Crippen molar-refractivity contribution in [3.05, 3.63) is 60.7 Å². The summed E-state index contributed by atoms with van der Waals surface area (Å²) in [5.41, 5.74) is 4.50. The average molecular weight is 987 g/mol. The first kappa shape index (κ1) is 52.5. The van der Waals surface area contributed by atoms with Gasteiger partial charge < -0.3 is 0 Å². The van der Waals surface area contributed by atoms with Crippen LogP contribution in [0.3, 0.4) is 0 Å². The summed E-state index contributed by atoms with van der Waals surface area (Å²) in [6, 6.07) is 21.5. The maximum absolute atomic E-state index is 2.35. The first-order valence-electron chi connectivity index (χ1n) is 16.1. The Balaban J connectivity index is -0.000000231. The third kappa shape index (κ3) is 56.1. The normalized spacial score (nSPS) is 10.7. The molecular formula is C36H76As6N2. The number of hydrogen-bond donors (Lipinski definition) is 0. The minimum atomic E-state index is -0.108. The quantitative estimate of drug-likeness (QED) is 0.259. The minimum absolute atomic E-state index is 0.0556. The molecule has 0 aromatic heterocycles. The van der Waals surface area contributed by atoms with Crippen molar-refractivity contribution in [3.63, 3.8) is 0 Å². The summed E-state index contributed by atoms with van der Waals surface area (Å²) in [6.45, 7) is 27.9. The monoisotopic (exact) mass is 986 g/mol. The van der Waals surface area contributed by atoms with Crippen molar-refractivity contribution in [3.8, 4) is 0 Å². The zero-order valence-corrected chi connectivity index (χ0v) is 44.8. The summed E-state index contributed by atoms with van der Waals surface area (Å²) >= 11 is 1.57. The number of hydrogen-bond acceptors (Lipinski definition) is 2. The van der Waals surface area contributed by atoms with Crippen molar-refractivity contribution < 1.29 is 0 Å². The summed E-state index contributed by atoms with van der Waals surface area (Å²) in [5, 5.41) is 2.94. The van der Waals surface area contributed by atoms with Crippen LogP contribution in [0.2, 0.25) is 39.7 Å². The predicted molar refractivity (Wildman–Crippen MR) is 225 cm³/mol. The molecule has 2 aromatic rings. The molecule has 2 rings (SSSR count). The van der Waals surface area contributed by atoms with Crippen LogP contribution in [-0.2, 0) is 0 Å².